The van der Waals surface area contributed by atoms with E-state index < -0.39 is 0 Å². The summed E-state index contributed by atoms with van der Waals surface area (Å²) < 4.78 is 18.2. The summed E-state index contributed by atoms with van der Waals surface area (Å²) in [6.07, 6.45) is 8.43. The maximum atomic E-state index is 6.10. The Balaban J connectivity index is 1.64. The molecule has 0 unspecified atom stereocenters. The van der Waals surface area contributed by atoms with E-state index in [-0.39, 0.29) is 18.3 Å². The fourth-order valence-corrected chi connectivity index (χ4v) is 3.39. The van der Waals surface area contributed by atoms with Gasteiger partial charge in [0.25, 0.3) is 0 Å². The van der Waals surface area contributed by atoms with Crippen molar-refractivity contribution in [2.45, 2.75) is 77.9 Å². The first kappa shape index (κ1) is 17.7. The monoisotopic (exact) mass is 331 g/mol. The smallest absolute Gasteiger partial charge is 0.477 e. The SMILES string of the molecule is Cc1cc(B2OC(C)(C)C(C)(C)O2)cnc1OCC1CCCCC1. The molecule has 0 N–H and O–H groups in total. The van der Waals surface area contributed by atoms with E-state index in [4.69, 9.17) is 14.0 Å². The van der Waals surface area contributed by atoms with Gasteiger partial charge in [-0.25, -0.2) is 4.98 Å². The Morgan fingerprint density at radius 2 is 1.75 bits per heavy atom. The van der Waals surface area contributed by atoms with E-state index >= 15 is 0 Å². The van der Waals surface area contributed by atoms with Crippen molar-refractivity contribution in [2.24, 2.45) is 5.92 Å². The molecule has 2 aliphatic rings. The molecular formula is C19H30BNO3. The lowest BCUT2D eigenvalue weighted by Crippen LogP contribution is -2.41. The molecule has 3 rings (SSSR count). The molecule has 0 spiro atoms. The van der Waals surface area contributed by atoms with Gasteiger partial charge in [0.05, 0.1) is 17.8 Å². The molecule has 0 amide bonds. The van der Waals surface area contributed by atoms with Crippen molar-refractivity contribution < 1.29 is 14.0 Å². The molecular weight excluding hydrogens is 301 g/mol. The predicted octanol–water partition coefficient (Wildman–Crippen LogP) is 3.65. The molecule has 1 aromatic heterocycles. The Bertz CT molecular complexity index is 566. The maximum Gasteiger partial charge on any atom is 0.496 e. The largest absolute Gasteiger partial charge is 0.496 e. The van der Waals surface area contributed by atoms with Gasteiger partial charge in [-0.1, -0.05) is 25.3 Å². The van der Waals surface area contributed by atoms with Gasteiger partial charge in [0.2, 0.25) is 5.88 Å². The van der Waals surface area contributed by atoms with Crippen molar-refractivity contribution in [3.8, 4) is 5.88 Å². The summed E-state index contributed by atoms with van der Waals surface area (Å²) in [6, 6.07) is 2.07. The lowest BCUT2D eigenvalue weighted by atomic mass is 9.80. The first-order chi connectivity index (χ1) is 11.3. The van der Waals surface area contributed by atoms with Crippen molar-refractivity contribution in [1.82, 2.24) is 4.98 Å². The average molecular weight is 331 g/mol. The van der Waals surface area contributed by atoms with E-state index in [0.29, 0.717) is 5.92 Å². The maximum absolute atomic E-state index is 6.10. The molecule has 0 bridgehead atoms. The van der Waals surface area contributed by atoms with Gasteiger partial charge in [-0.05, 0) is 53.4 Å². The molecule has 2 heterocycles. The topological polar surface area (TPSA) is 40.6 Å². The molecule has 132 valence electrons. The first-order valence-electron chi connectivity index (χ1n) is 9.23. The number of ether oxygens (including phenoxy) is 1. The zero-order chi connectivity index (χ0) is 17.4. The van der Waals surface area contributed by atoms with E-state index in [2.05, 4.69) is 38.7 Å². The Morgan fingerprint density at radius 3 is 2.33 bits per heavy atom. The molecule has 1 aromatic rings. The van der Waals surface area contributed by atoms with Gasteiger partial charge in [-0.15, -0.1) is 0 Å². The minimum absolute atomic E-state index is 0.332. The van der Waals surface area contributed by atoms with Crippen LogP contribution in [0.5, 0.6) is 5.88 Å². The second kappa shape index (κ2) is 6.68. The van der Waals surface area contributed by atoms with Crippen molar-refractivity contribution in [3.05, 3.63) is 17.8 Å². The number of hydrogen-bond acceptors (Lipinski definition) is 4. The third-order valence-corrected chi connectivity index (χ3v) is 5.76. The van der Waals surface area contributed by atoms with Crippen LogP contribution in [0.1, 0.15) is 65.4 Å². The summed E-state index contributed by atoms with van der Waals surface area (Å²) in [5.74, 6) is 1.42. The van der Waals surface area contributed by atoms with Crippen LogP contribution in [0.3, 0.4) is 0 Å². The second-order valence-electron chi connectivity index (χ2n) is 8.29. The number of aromatic nitrogens is 1. The molecule has 1 aliphatic heterocycles. The van der Waals surface area contributed by atoms with Crippen LogP contribution >= 0.6 is 0 Å². The van der Waals surface area contributed by atoms with E-state index in [1.807, 2.05) is 13.1 Å². The van der Waals surface area contributed by atoms with Gasteiger partial charge in [-0.3, -0.25) is 0 Å². The Kier molecular flexibility index (Phi) is 4.94. The van der Waals surface area contributed by atoms with Crippen LogP contribution in [0.4, 0.5) is 0 Å². The molecule has 0 radical (unpaired) electrons. The van der Waals surface area contributed by atoms with Gasteiger partial charge < -0.3 is 14.0 Å². The molecule has 0 aromatic carbocycles. The van der Waals surface area contributed by atoms with Crippen LogP contribution in [0.2, 0.25) is 0 Å². The average Bonchev–Trinajstić information content (AvgIpc) is 2.75. The van der Waals surface area contributed by atoms with Gasteiger partial charge in [0.1, 0.15) is 0 Å². The summed E-state index contributed by atoms with van der Waals surface area (Å²) in [7, 11) is -0.367. The fourth-order valence-electron chi connectivity index (χ4n) is 3.39. The summed E-state index contributed by atoms with van der Waals surface area (Å²) >= 11 is 0. The van der Waals surface area contributed by atoms with Crippen LogP contribution < -0.4 is 10.2 Å². The standard InChI is InChI=1S/C19H30BNO3/c1-14-11-16(20-23-18(2,3)19(4,5)24-20)12-21-17(14)22-13-15-9-7-6-8-10-15/h11-12,15H,6-10,13H2,1-5H3. The highest BCUT2D eigenvalue weighted by Crippen LogP contribution is 2.36. The number of hydrogen-bond donors (Lipinski definition) is 0. The summed E-state index contributed by atoms with van der Waals surface area (Å²) in [5.41, 5.74) is 1.33. The molecule has 1 aliphatic carbocycles. The summed E-state index contributed by atoms with van der Waals surface area (Å²) in [6.45, 7) is 11.1. The molecule has 0 atom stereocenters. The minimum atomic E-state index is -0.367. The number of rotatable bonds is 4. The number of nitrogens with zero attached hydrogens (tertiary/aromatic N) is 1. The van der Waals surface area contributed by atoms with Gasteiger partial charge in [0.15, 0.2) is 0 Å². The summed E-state index contributed by atoms with van der Waals surface area (Å²) in [4.78, 5) is 4.52. The van der Waals surface area contributed by atoms with E-state index in [1.54, 1.807) is 0 Å². The van der Waals surface area contributed by atoms with Crippen molar-refractivity contribution in [3.63, 3.8) is 0 Å². The highest BCUT2D eigenvalue weighted by molar-refractivity contribution is 6.62. The van der Waals surface area contributed by atoms with E-state index in [1.165, 1.54) is 32.1 Å². The Hall–Kier alpha value is -1.07. The third kappa shape index (κ3) is 3.62. The van der Waals surface area contributed by atoms with Crippen LogP contribution in [-0.4, -0.2) is 29.9 Å². The molecule has 5 heteroatoms. The molecule has 2 fully saturated rings. The van der Waals surface area contributed by atoms with E-state index in [0.717, 1.165) is 23.5 Å². The number of pyridine rings is 1. The lowest BCUT2D eigenvalue weighted by Gasteiger charge is -2.32. The normalized spacial score (nSPS) is 23.5. The highest BCUT2D eigenvalue weighted by Gasteiger charge is 2.51. The van der Waals surface area contributed by atoms with Crippen molar-refractivity contribution in [2.75, 3.05) is 6.61 Å². The highest BCUT2D eigenvalue weighted by atomic mass is 16.7. The van der Waals surface area contributed by atoms with Crippen LogP contribution in [0, 0.1) is 12.8 Å². The second-order valence-corrected chi connectivity index (χ2v) is 8.29. The quantitative estimate of drug-likeness (QED) is 0.790. The minimum Gasteiger partial charge on any atom is -0.477 e. The first-order valence-corrected chi connectivity index (χ1v) is 9.23. The van der Waals surface area contributed by atoms with Crippen molar-refractivity contribution >= 4 is 12.6 Å². The van der Waals surface area contributed by atoms with Gasteiger partial charge in [-0.2, -0.15) is 0 Å². The molecule has 1 saturated heterocycles. The Morgan fingerprint density at radius 1 is 1.12 bits per heavy atom. The van der Waals surface area contributed by atoms with Gasteiger partial charge >= 0.3 is 7.12 Å². The van der Waals surface area contributed by atoms with Crippen molar-refractivity contribution in [1.29, 1.82) is 0 Å². The van der Waals surface area contributed by atoms with E-state index in [9.17, 15) is 0 Å². The summed E-state index contributed by atoms with van der Waals surface area (Å²) in [5, 5.41) is 0. The third-order valence-electron chi connectivity index (χ3n) is 5.76. The lowest BCUT2D eigenvalue weighted by molar-refractivity contribution is 0.00578. The Labute approximate surface area is 146 Å². The fraction of sp³-hybridized carbons (Fsp3) is 0.737. The predicted molar refractivity (Wildman–Crippen MR) is 96.8 cm³/mol. The number of aryl methyl sites for hydroxylation is 1. The molecule has 4 nitrogen and oxygen atoms in total. The zero-order valence-electron chi connectivity index (χ0n) is 15.7. The van der Waals surface area contributed by atoms with Crippen LogP contribution in [0.25, 0.3) is 0 Å². The van der Waals surface area contributed by atoms with Gasteiger partial charge in [0, 0.05) is 17.2 Å². The van der Waals surface area contributed by atoms with Crippen LogP contribution in [-0.2, 0) is 9.31 Å². The molecule has 24 heavy (non-hydrogen) atoms. The van der Waals surface area contributed by atoms with Crippen LogP contribution in [0.15, 0.2) is 12.3 Å². The zero-order valence-corrected chi connectivity index (χ0v) is 15.7. The molecule has 1 saturated carbocycles.